The van der Waals surface area contributed by atoms with E-state index in [4.69, 9.17) is 16.9 Å². The molecule has 4 amide bonds. The molecule has 0 aromatic heterocycles. The van der Waals surface area contributed by atoms with E-state index in [9.17, 15) is 19.2 Å². The third-order valence-electron chi connectivity index (χ3n) is 6.05. The average Bonchev–Trinajstić information content (AvgIpc) is 2.82. The lowest BCUT2D eigenvalue weighted by atomic mass is 9.94. The molecule has 1 fully saturated rings. The molecule has 2 rings (SSSR count). The van der Waals surface area contributed by atoms with Gasteiger partial charge in [-0.15, -0.1) is 6.42 Å². The summed E-state index contributed by atoms with van der Waals surface area (Å²) in [5.41, 5.74) is 5.81. The lowest BCUT2D eigenvalue weighted by molar-refractivity contribution is -0.143. The van der Waals surface area contributed by atoms with Crippen LogP contribution in [-0.2, 0) is 19.1 Å². The number of nitrogens with zero attached hydrogens (tertiary/aromatic N) is 1. The van der Waals surface area contributed by atoms with Crippen molar-refractivity contribution in [2.24, 2.45) is 5.73 Å². The lowest BCUT2D eigenvalue weighted by Gasteiger charge is -2.35. The molecule has 0 bridgehead atoms. The predicted octanol–water partition coefficient (Wildman–Crippen LogP) is 3.17. The quantitative estimate of drug-likeness (QED) is 0.415. The van der Waals surface area contributed by atoms with Gasteiger partial charge in [0.15, 0.2) is 0 Å². The molecule has 4 N–H and O–H groups in total. The standard InChI is InChI=1S/C28H40N4O5/c1-6-17-32(26(35)22(18-23(29)33)31-27(36)37-28(3,4)5)24(20-15-13-19(7-2)14-16-20)25(34)30-21-11-9-8-10-12-21/h2,13-16,21-22,24H,6,8-12,17-18H2,1,3-5H3,(H2,29,33)(H,30,34)(H,31,36). The number of primary amides is 1. The summed E-state index contributed by atoms with van der Waals surface area (Å²) in [5, 5.41) is 5.59. The minimum Gasteiger partial charge on any atom is -0.444 e. The van der Waals surface area contributed by atoms with Crippen molar-refractivity contribution in [3.05, 3.63) is 35.4 Å². The van der Waals surface area contributed by atoms with Crippen LogP contribution in [0.15, 0.2) is 24.3 Å². The minimum absolute atomic E-state index is 0.0219. The van der Waals surface area contributed by atoms with Crippen LogP contribution >= 0.6 is 0 Å². The molecule has 1 aliphatic carbocycles. The minimum atomic E-state index is -1.30. The number of rotatable bonds is 10. The van der Waals surface area contributed by atoms with E-state index in [-0.39, 0.29) is 18.5 Å². The number of alkyl carbamates (subject to hydrolysis) is 1. The summed E-state index contributed by atoms with van der Waals surface area (Å²) in [6.45, 7) is 7.15. The Labute approximate surface area is 219 Å². The summed E-state index contributed by atoms with van der Waals surface area (Å²) < 4.78 is 5.29. The Morgan fingerprint density at radius 2 is 1.76 bits per heavy atom. The monoisotopic (exact) mass is 512 g/mol. The molecule has 1 aromatic rings. The zero-order valence-corrected chi connectivity index (χ0v) is 22.3. The zero-order valence-electron chi connectivity index (χ0n) is 22.3. The lowest BCUT2D eigenvalue weighted by Crippen LogP contribution is -2.54. The summed E-state index contributed by atoms with van der Waals surface area (Å²) >= 11 is 0. The summed E-state index contributed by atoms with van der Waals surface area (Å²) in [4.78, 5) is 53.2. The van der Waals surface area contributed by atoms with Gasteiger partial charge in [0.25, 0.3) is 0 Å². The number of hydrogen-bond donors (Lipinski definition) is 3. The first-order valence-corrected chi connectivity index (χ1v) is 12.9. The highest BCUT2D eigenvalue weighted by Crippen LogP contribution is 2.26. The van der Waals surface area contributed by atoms with Crippen LogP contribution < -0.4 is 16.4 Å². The van der Waals surface area contributed by atoms with Crippen molar-refractivity contribution in [1.82, 2.24) is 15.5 Å². The van der Waals surface area contributed by atoms with Crippen LogP contribution in [0.25, 0.3) is 0 Å². The second-order valence-electron chi connectivity index (χ2n) is 10.4. The maximum atomic E-state index is 13.8. The highest BCUT2D eigenvalue weighted by atomic mass is 16.6. The molecule has 9 heteroatoms. The van der Waals surface area contributed by atoms with E-state index in [2.05, 4.69) is 16.6 Å². The van der Waals surface area contributed by atoms with Gasteiger partial charge >= 0.3 is 6.09 Å². The van der Waals surface area contributed by atoms with Gasteiger partial charge in [-0.25, -0.2) is 4.79 Å². The zero-order chi connectivity index (χ0) is 27.6. The molecule has 1 aromatic carbocycles. The van der Waals surface area contributed by atoms with E-state index in [0.29, 0.717) is 17.5 Å². The van der Waals surface area contributed by atoms with Crippen LogP contribution in [0, 0.1) is 12.3 Å². The van der Waals surface area contributed by atoms with Crippen molar-refractivity contribution in [2.75, 3.05) is 6.54 Å². The number of nitrogens with one attached hydrogen (secondary N) is 2. The Bertz CT molecular complexity index is 987. The first-order valence-electron chi connectivity index (χ1n) is 12.9. The van der Waals surface area contributed by atoms with E-state index in [1.807, 2.05) is 6.92 Å². The van der Waals surface area contributed by atoms with Gasteiger partial charge in [-0.1, -0.05) is 44.2 Å². The molecule has 9 nitrogen and oxygen atoms in total. The van der Waals surface area contributed by atoms with Crippen LogP contribution in [-0.4, -0.2) is 52.9 Å². The largest absolute Gasteiger partial charge is 0.444 e. The first kappa shape index (κ1) is 29.7. The molecule has 0 saturated heterocycles. The fourth-order valence-corrected chi connectivity index (χ4v) is 4.42. The van der Waals surface area contributed by atoms with Gasteiger partial charge in [0.2, 0.25) is 17.7 Å². The molecule has 1 aliphatic rings. The number of nitrogens with two attached hydrogens (primary N) is 1. The van der Waals surface area contributed by atoms with Crippen molar-refractivity contribution in [3.8, 4) is 12.3 Å². The van der Waals surface area contributed by atoms with Crippen molar-refractivity contribution in [3.63, 3.8) is 0 Å². The molecule has 0 aliphatic heterocycles. The summed E-state index contributed by atoms with van der Waals surface area (Å²) in [5.74, 6) is 0.858. The Morgan fingerprint density at radius 1 is 1.14 bits per heavy atom. The molecule has 202 valence electrons. The van der Waals surface area contributed by atoms with Crippen molar-refractivity contribution >= 4 is 23.8 Å². The van der Waals surface area contributed by atoms with Crippen LogP contribution in [0.2, 0.25) is 0 Å². The van der Waals surface area contributed by atoms with Crippen LogP contribution in [0.5, 0.6) is 0 Å². The number of terminal acetylenes is 1. The Hall–Kier alpha value is -3.54. The summed E-state index contributed by atoms with van der Waals surface area (Å²) in [7, 11) is 0. The van der Waals surface area contributed by atoms with Crippen LogP contribution in [0.4, 0.5) is 4.79 Å². The van der Waals surface area contributed by atoms with E-state index in [1.54, 1.807) is 45.0 Å². The summed E-state index contributed by atoms with van der Waals surface area (Å²) in [6, 6.07) is 4.61. The normalized spacial score (nSPS) is 15.5. The van der Waals surface area contributed by atoms with Crippen molar-refractivity contribution < 1.29 is 23.9 Å². The van der Waals surface area contributed by atoms with Gasteiger partial charge in [0, 0.05) is 18.2 Å². The van der Waals surface area contributed by atoms with Gasteiger partial charge in [-0.2, -0.15) is 0 Å². The molecule has 1 saturated carbocycles. The Balaban J connectivity index is 2.44. The SMILES string of the molecule is C#Cc1ccc(C(C(=O)NC2CCCCC2)N(CCC)C(=O)C(CC(N)=O)NC(=O)OC(C)(C)C)cc1. The molecule has 2 atom stereocenters. The topological polar surface area (TPSA) is 131 Å². The number of carbonyl (C=O) groups is 4. The molecule has 0 radical (unpaired) electrons. The second kappa shape index (κ2) is 13.7. The van der Waals surface area contributed by atoms with E-state index >= 15 is 0 Å². The predicted molar refractivity (Wildman–Crippen MR) is 141 cm³/mol. The number of ether oxygens (including phenoxy) is 1. The number of benzene rings is 1. The van der Waals surface area contributed by atoms with Gasteiger partial charge in [-0.05, 0) is 57.7 Å². The third-order valence-corrected chi connectivity index (χ3v) is 6.05. The van der Waals surface area contributed by atoms with Gasteiger partial charge in [0.1, 0.15) is 17.7 Å². The van der Waals surface area contributed by atoms with E-state index in [1.165, 1.54) is 4.90 Å². The fourth-order valence-electron chi connectivity index (χ4n) is 4.42. The van der Waals surface area contributed by atoms with Crippen molar-refractivity contribution in [1.29, 1.82) is 0 Å². The fraction of sp³-hybridized carbons (Fsp3) is 0.571. The average molecular weight is 513 g/mol. The number of carbonyl (C=O) groups excluding carboxylic acids is 4. The Morgan fingerprint density at radius 3 is 2.27 bits per heavy atom. The molecule has 2 unspecified atom stereocenters. The van der Waals surface area contributed by atoms with Gasteiger partial charge < -0.3 is 26.0 Å². The highest BCUT2D eigenvalue weighted by Gasteiger charge is 2.37. The summed E-state index contributed by atoms with van der Waals surface area (Å²) in [6.07, 6.45) is 9.69. The smallest absolute Gasteiger partial charge is 0.408 e. The molecular formula is C28H40N4O5. The van der Waals surface area contributed by atoms with Gasteiger partial charge in [-0.3, -0.25) is 14.4 Å². The molecular weight excluding hydrogens is 472 g/mol. The van der Waals surface area contributed by atoms with Crippen LogP contribution in [0.1, 0.15) is 89.8 Å². The molecule has 0 spiro atoms. The second-order valence-corrected chi connectivity index (χ2v) is 10.4. The van der Waals surface area contributed by atoms with E-state index in [0.717, 1.165) is 32.1 Å². The third kappa shape index (κ3) is 9.45. The Kier molecular flexibility index (Phi) is 11.0. The number of hydrogen-bond acceptors (Lipinski definition) is 5. The highest BCUT2D eigenvalue weighted by molar-refractivity contribution is 5.94. The van der Waals surface area contributed by atoms with Gasteiger partial charge in [0.05, 0.1) is 6.42 Å². The van der Waals surface area contributed by atoms with E-state index < -0.39 is 42.0 Å². The maximum absolute atomic E-state index is 13.8. The van der Waals surface area contributed by atoms with Crippen molar-refractivity contribution in [2.45, 2.75) is 96.4 Å². The molecule has 37 heavy (non-hydrogen) atoms. The molecule has 0 heterocycles. The number of amides is 4. The van der Waals surface area contributed by atoms with Crippen LogP contribution in [0.3, 0.4) is 0 Å². The maximum Gasteiger partial charge on any atom is 0.408 e. The first-order chi connectivity index (χ1) is 17.4.